The minimum Gasteiger partial charge on any atom is -0.359 e. The van der Waals surface area contributed by atoms with Gasteiger partial charge in [0, 0.05) is 32.4 Å². The summed E-state index contributed by atoms with van der Waals surface area (Å²) in [7, 11) is 0. The molecule has 6 nitrogen and oxygen atoms in total. The molecule has 3 heterocycles. The van der Waals surface area contributed by atoms with Crippen LogP contribution in [-0.4, -0.2) is 46.2 Å². The van der Waals surface area contributed by atoms with Crippen LogP contribution in [0.3, 0.4) is 0 Å². The van der Waals surface area contributed by atoms with Crippen LogP contribution in [0.25, 0.3) is 11.5 Å². The molecule has 2 N–H and O–H groups in total. The predicted molar refractivity (Wildman–Crippen MR) is 62.2 cm³/mol. The third kappa shape index (κ3) is 2.37. The highest BCUT2D eigenvalue weighted by Gasteiger charge is 2.15. The lowest BCUT2D eigenvalue weighted by atomic mass is 10.3. The number of hydrogen-bond acceptors (Lipinski definition) is 5. The van der Waals surface area contributed by atoms with Gasteiger partial charge in [-0.2, -0.15) is 4.98 Å². The fraction of sp³-hybridized carbons (Fsp3) is 0.455. The van der Waals surface area contributed by atoms with E-state index in [2.05, 4.69) is 25.3 Å². The molecule has 0 aromatic carbocycles. The van der Waals surface area contributed by atoms with Crippen LogP contribution in [-0.2, 0) is 6.54 Å². The van der Waals surface area contributed by atoms with Crippen molar-refractivity contribution < 1.29 is 4.52 Å². The highest BCUT2D eigenvalue weighted by atomic mass is 16.5. The molecule has 2 aromatic rings. The molecule has 1 aliphatic rings. The molecule has 1 fully saturated rings. The van der Waals surface area contributed by atoms with Crippen LogP contribution in [0.4, 0.5) is 0 Å². The zero-order valence-electron chi connectivity index (χ0n) is 9.52. The molecule has 0 saturated carbocycles. The number of hydrogen-bond donors (Lipinski definition) is 2. The van der Waals surface area contributed by atoms with Crippen LogP contribution in [0, 0.1) is 0 Å². The van der Waals surface area contributed by atoms with Gasteiger partial charge in [0.2, 0.25) is 11.7 Å². The second-order valence-corrected chi connectivity index (χ2v) is 4.12. The van der Waals surface area contributed by atoms with E-state index < -0.39 is 0 Å². The molecule has 0 aliphatic carbocycles. The van der Waals surface area contributed by atoms with Crippen molar-refractivity contribution in [3.05, 3.63) is 24.2 Å². The third-order valence-corrected chi connectivity index (χ3v) is 2.88. The Hall–Kier alpha value is -1.66. The summed E-state index contributed by atoms with van der Waals surface area (Å²) in [5.41, 5.74) is 0.889. The van der Waals surface area contributed by atoms with Crippen LogP contribution < -0.4 is 5.32 Å². The van der Waals surface area contributed by atoms with Gasteiger partial charge in [-0.25, -0.2) is 0 Å². The molecular weight excluding hydrogens is 218 g/mol. The van der Waals surface area contributed by atoms with E-state index >= 15 is 0 Å². The number of nitrogens with zero attached hydrogens (tertiary/aromatic N) is 3. The molecule has 3 rings (SSSR count). The van der Waals surface area contributed by atoms with Gasteiger partial charge in [0.05, 0.1) is 12.2 Å². The monoisotopic (exact) mass is 233 g/mol. The van der Waals surface area contributed by atoms with Gasteiger partial charge in [0.25, 0.3) is 0 Å². The molecule has 17 heavy (non-hydrogen) atoms. The van der Waals surface area contributed by atoms with Crippen molar-refractivity contribution in [2.24, 2.45) is 0 Å². The van der Waals surface area contributed by atoms with Crippen LogP contribution in [0.2, 0.25) is 0 Å². The Morgan fingerprint density at radius 3 is 3.00 bits per heavy atom. The Morgan fingerprint density at radius 1 is 1.35 bits per heavy atom. The summed E-state index contributed by atoms with van der Waals surface area (Å²) in [6.45, 7) is 4.84. The first-order valence-electron chi connectivity index (χ1n) is 5.81. The molecular formula is C11H15N5O. The van der Waals surface area contributed by atoms with Crippen molar-refractivity contribution in [2.45, 2.75) is 6.54 Å². The maximum absolute atomic E-state index is 5.25. The van der Waals surface area contributed by atoms with E-state index in [0.717, 1.165) is 38.4 Å². The van der Waals surface area contributed by atoms with Crippen molar-refractivity contribution in [3.63, 3.8) is 0 Å². The molecule has 1 saturated heterocycles. The molecule has 90 valence electrons. The van der Waals surface area contributed by atoms with Gasteiger partial charge in [0.15, 0.2) is 0 Å². The lowest BCUT2D eigenvalue weighted by Crippen LogP contribution is -2.42. The summed E-state index contributed by atoms with van der Waals surface area (Å²) in [6.07, 6.45) is 1.85. The van der Waals surface area contributed by atoms with Gasteiger partial charge in [-0.05, 0) is 12.1 Å². The Bertz CT molecular complexity index is 458. The van der Waals surface area contributed by atoms with Gasteiger partial charge in [-0.15, -0.1) is 0 Å². The molecule has 0 radical (unpaired) electrons. The summed E-state index contributed by atoms with van der Waals surface area (Å²) < 4.78 is 5.25. The van der Waals surface area contributed by atoms with Crippen LogP contribution in [0.1, 0.15) is 5.89 Å². The number of H-pyrrole nitrogens is 1. The Morgan fingerprint density at radius 2 is 2.24 bits per heavy atom. The number of aromatic amines is 1. The highest BCUT2D eigenvalue weighted by Crippen LogP contribution is 2.13. The first-order valence-corrected chi connectivity index (χ1v) is 5.81. The van der Waals surface area contributed by atoms with Gasteiger partial charge in [-0.3, -0.25) is 4.90 Å². The zero-order chi connectivity index (χ0) is 11.5. The molecule has 6 heteroatoms. The van der Waals surface area contributed by atoms with Crippen LogP contribution >= 0.6 is 0 Å². The van der Waals surface area contributed by atoms with Crippen molar-refractivity contribution in [1.82, 2.24) is 25.3 Å². The standard InChI is InChI=1S/C11H15N5O/c1-2-9(13-3-1)11-14-10(17-15-11)8-16-6-4-12-5-7-16/h1-3,12-13H,4-8H2. The molecule has 0 atom stereocenters. The molecule has 0 bridgehead atoms. The summed E-state index contributed by atoms with van der Waals surface area (Å²) in [6, 6.07) is 3.85. The van der Waals surface area contributed by atoms with E-state index in [1.807, 2.05) is 18.3 Å². The number of rotatable bonds is 3. The lowest BCUT2D eigenvalue weighted by molar-refractivity contribution is 0.203. The number of nitrogens with one attached hydrogen (secondary N) is 2. The maximum Gasteiger partial charge on any atom is 0.241 e. The quantitative estimate of drug-likeness (QED) is 0.806. The second-order valence-electron chi connectivity index (χ2n) is 4.12. The van der Waals surface area contributed by atoms with Crippen molar-refractivity contribution in [3.8, 4) is 11.5 Å². The predicted octanol–water partition coefficient (Wildman–Crippen LogP) is 0.470. The topological polar surface area (TPSA) is 70.0 Å². The molecule has 2 aromatic heterocycles. The van der Waals surface area contributed by atoms with E-state index in [1.54, 1.807) is 0 Å². The summed E-state index contributed by atoms with van der Waals surface area (Å²) >= 11 is 0. The number of aromatic nitrogens is 3. The first-order chi connectivity index (χ1) is 8.42. The fourth-order valence-corrected chi connectivity index (χ4v) is 1.96. The summed E-state index contributed by atoms with van der Waals surface area (Å²) in [4.78, 5) is 9.75. The van der Waals surface area contributed by atoms with E-state index in [9.17, 15) is 0 Å². The van der Waals surface area contributed by atoms with E-state index in [4.69, 9.17) is 4.52 Å². The normalized spacial score (nSPS) is 17.4. The van der Waals surface area contributed by atoms with Gasteiger partial charge >= 0.3 is 0 Å². The first kappa shape index (κ1) is 10.5. The molecule has 0 unspecified atom stereocenters. The Labute approximate surface area is 99.0 Å². The average molecular weight is 233 g/mol. The second kappa shape index (κ2) is 4.68. The van der Waals surface area contributed by atoms with Crippen molar-refractivity contribution in [2.75, 3.05) is 26.2 Å². The molecule has 0 amide bonds. The zero-order valence-corrected chi connectivity index (χ0v) is 9.52. The Kier molecular flexibility index (Phi) is 2.89. The Balaban J connectivity index is 1.68. The van der Waals surface area contributed by atoms with Crippen molar-refractivity contribution in [1.29, 1.82) is 0 Å². The van der Waals surface area contributed by atoms with Gasteiger partial charge < -0.3 is 14.8 Å². The summed E-state index contributed by atoms with van der Waals surface area (Å²) in [5, 5.41) is 7.28. The average Bonchev–Trinajstić information content (AvgIpc) is 3.00. The third-order valence-electron chi connectivity index (χ3n) is 2.88. The van der Waals surface area contributed by atoms with Crippen LogP contribution in [0.15, 0.2) is 22.9 Å². The van der Waals surface area contributed by atoms with E-state index in [1.165, 1.54) is 0 Å². The lowest BCUT2D eigenvalue weighted by Gasteiger charge is -2.25. The summed E-state index contributed by atoms with van der Waals surface area (Å²) in [5.74, 6) is 1.30. The van der Waals surface area contributed by atoms with Gasteiger partial charge in [0.1, 0.15) is 0 Å². The van der Waals surface area contributed by atoms with Crippen molar-refractivity contribution >= 4 is 0 Å². The molecule has 0 spiro atoms. The largest absolute Gasteiger partial charge is 0.359 e. The minimum absolute atomic E-state index is 0.625. The fourth-order valence-electron chi connectivity index (χ4n) is 1.96. The van der Waals surface area contributed by atoms with Crippen LogP contribution in [0.5, 0.6) is 0 Å². The minimum atomic E-state index is 0.625. The van der Waals surface area contributed by atoms with Gasteiger partial charge in [-0.1, -0.05) is 5.16 Å². The smallest absolute Gasteiger partial charge is 0.241 e. The number of piperazine rings is 1. The van der Waals surface area contributed by atoms with E-state index in [0.29, 0.717) is 11.7 Å². The van der Waals surface area contributed by atoms with E-state index in [-0.39, 0.29) is 0 Å². The SMILES string of the molecule is c1c[nH]c(-c2noc(CN3CCNCC3)n2)c1. The maximum atomic E-state index is 5.25. The molecule has 1 aliphatic heterocycles. The highest BCUT2D eigenvalue weighted by molar-refractivity contribution is 5.47.